The molecule has 0 aliphatic rings. The molecular formula is C8H18N2O. The average molecular weight is 158 g/mol. The average Bonchev–Trinajstić information content (AvgIpc) is 1.97. The van der Waals surface area contributed by atoms with Crippen LogP contribution in [0, 0.1) is 5.92 Å². The maximum Gasteiger partial charge on any atom is 0.120 e. The van der Waals surface area contributed by atoms with Gasteiger partial charge in [-0.1, -0.05) is 13.8 Å². The molecule has 3 nitrogen and oxygen atoms in total. The van der Waals surface area contributed by atoms with Crippen molar-refractivity contribution < 1.29 is 4.74 Å². The molecule has 0 aromatic carbocycles. The molecule has 3 heteroatoms. The lowest BCUT2D eigenvalue weighted by molar-refractivity contribution is 0.186. The Morgan fingerprint density at radius 2 is 2.18 bits per heavy atom. The normalized spacial score (nSPS) is 12.5. The zero-order valence-electron chi connectivity index (χ0n) is 7.63. The molecule has 0 heterocycles. The molecule has 0 rings (SSSR count). The fourth-order valence-corrected chi connectivity index (χ4v) is 0.552. The van der Waals surface area contributed by atoms with E-state index >= 15 is 0 Å². The molecule has 0 amide bonds. The van der Waals surface area contributed by atoms with Crippen LogP contribution in [0.5, 0.6) is 0 Å². The van der Waals surface area contributed by atoms with Crippen molar-refractivity contribution in [2.75, 3.05) is 19.8 Å². The maximum absolute atomic E-state index is 5.53. The quantitative estimate of drug-likeness (QED) is 0.480. The van der Waals surface area contributed by atoms with E-state index in [1.165, 1.54) is 0 Å². The van der Waals surface area contributed by atoms with Crippen molar-refractivity contribution >= 4 is 5.84 Å². The van der Waals surface area contributed by atoms with E-state index < -0.39 is 0 Å². The third-order valence-corrected chi connectivity index (χ3v) is 1.11. The molecule has 0 aliphatic heterocycles. The van der Waals surface area contributed by atoms with Crippen molar-refractivity contribution in [1.29, 1.82) is 0 Å². The first-order valence-electron chi connectivity index (χ1n) is 4.03. The summed E-state index contributed by atoms with van der Waals surface area (Å²) in [5, 5.41) is 0. The Morgan fingerprint density at radius 1 is 1.55 bits per heavy atom. The molecule has 0 saturated carbocycles. The van der Waals surface area contributed by atoms with Gasteiger partial charge in [-0.25, -0.2) is 0 Å². The van der Waals surface area contributed by atoms with Crippen molar-refractivity contribution in [2.45, 2.75) is 20.8 Å². The number of aliphatic imine (C=N–C) groups is 1. The van der Waals surface area contributed by atoms with Crippen LogP contribution in [0.25, 0.3) is 0 Å². The van der Waals surface area contributed by atoms with Gasteiger partial charge < -0.3 is 10.5 Å². The van der Waals surface area contributed by atoms with Crippen LogP contribution in [0.15, 0.2) is 4.99 Å². The van der Waals surface area contributed by atoms with Gasteiger partial charge in [0.1, 0.15) is 12.4 Å². The molecule has 0 aromatic rings. The second-order valence-electron chi connectivity index (χ2n) is 2.86. The van der Waals surface area contributed by atoms with Gasteiger partial charge in [-0.2, -0.15) is 0 Å². The number of amidine groups is 1. The van der Waals surface area contributed by atoms with Gasteiger partial charge in [0.05, 0.1) is 0 Å². The largest absolute Gasteiger partial charge is 0.386 e. The molecule has 0 atom stereocenters. The topological polar surface area (TPSA) is 47.6 Å². The van der Waals surface area contributed by atoms with Crippen LogP contribution in [-0.2, 0) is 4.74 Å². The van der Waals surface area contributed by atoms with E-state index in [-0.39, 0.29) is 0 Å². The summed E-state index contributed by atoms with van der Waals surface area (Å²) in [5.74, 6) is 1.16. The second-order valence-corrected chi connectivity index (χ2v) is 2.86. The Morgan fingerprint density at radius 3 is 2.64 bits per heavy atom. The number of hydrogen-bond donors (Lipinski definition) is 1. The van der Waals surface area contributed by atoms with Crippen LogP contribution >= 0.6 is 0 Å². The van der Waals surface area contributed by atoms with Crippen LogP contribution in [0.2, 0.25) is 0 Å². The van der Waals surface area contributed by atoms with Crippen molar-refractivity contribution in [1.82, 2.24) is 0 Å². The lowest BCUT2D eigenvalue weighted by Crippen LogP contribution is -2.20. The predicted octanol–water partition coefficient (Wildman–Crippen LogP) is 1.04. The van der Waals surface area contributed by atoms with Gasteiger partial charge in [0.15, 0.2) is 0 Å². The first-order chi connectivity index (χ1) is 5.16. The number of hydrogen-bond acceptors (Lipinski definition) is 2. The Kier molecular flexibility index (Phi) is 5.84. The number of ether oxygens (including phenoxy) is 1. The number of nitrogens with two attached hydrogens (primary N) is 1. The lowest BCUT2D eigenvalue weighted by atomic mass is 10.2. The highest BCUT2D eigenvalue weighted by Gasteiger charge is 1.93. The summed E-state index contributed by atoms with van der Waals surface area (Å²) >= 11 is 0. The summed E-state index contributed by atoms with van der Waals surface area (Å²) in [5.41, 5.74) is 5.53. The highest BCUT2D eigenvalue weighted by molar-refractivity contribution is 5.81. The Hall–Kier alpha value is -0.570. The van der Waals surface area contributed by atoms with Crippen molar-refractivity contribution in [3.8, 4) is 0 Å². The van der Waals surface area contributed by atoms with E-state index in [1.54, 1.807) is 0 Å². The molecule has 0 bridgehead atoms. The molecule has 0 saturated heterocycles. The molecule has 0 radical (unpaired) electrons. The smallest absolute Gasteiger partial charge is 0.120 e. The van der Waals surface area contributed by atoms with E-state index in [0.29, 0.717) is 25.0 Å². The summed E-state index contributed by atoms with van der Waals surface area (Å²) < 4.78 is 5.07. The Labute approximate surface area is 68.6 Å². The van der Waals surface area contributed by atoms with Crippen LogP contribution in [0.4, 0.5) is 0 Å². The third kappa shape index (κ3) is 7.33. The summed E-state index contributed by atoms with van der Waals surface area (Å²) in [6.45, 7) is 8.10. The Balaban J connectivity index is 3.46. The van der Waals surface area contributed by atoms with Gasteiger partial charge in [-0.05, 0) is 12.8 Å². The zero-order valence-corrected chi connectivity index (χ0v) is 7.63. The SMILES string of the molecule is CCOCC(N)=NCC(C)C. The van der Waals surface area contributed by atoms with E-state index in [2.05, 4.69) is 18.8 Å². The monoisotopic (exact) mass is 158 g/mol. The standard InChI is InChI=1S/C8H18N2O/c1-4-11-6-8(9)10-5-7(2)3/h7H,4-6H2,1-3H3,(H2,9,10). The molecule has 0 aromatic heterocycles. The van der Waals surface area contributed by atoms with Gasteiger partial charge in [0.25, 0.3) is 0 Å². The summed E-state index contributed by atoms with van der Waals surface area (Å²) in [6.07, 6.45) is 0. The van der Waals surface area contributed by atoms with E-state index in [4.69, 9.17) is 10.5 Å². The van der Waals surface area contributed by atoms with Crippen LogP contribution in [-0.4, -0.2) is 25.6 Å². The zero-order chi connectivity index (χ0) is 8.69. The number of nitrogens with zero attached hydrogens (tertiary/aromatic N) is 1. The summed E-state index contributed by atoms with van der Waals surface area (Å²) in [7, 11) is 0. The summed E-state index contributed by atoms with van der Waals surface area (Å²) in [6, 6.07) is 0. The first-order valence-corrected chi connectivity index (χ1v) is 4.03. The first kappa shape index (κ1) is 10.4. The highest BCUT2D eigenvalue weighted by atomic mass is 16.5. The van der Waals surface area contributed by atoms with E-state index in [1.807, 2.05) is 6.92 Å². The van der Waals surface area contributed by atoms with Crippen molar-refractivity contribution in [3.05, 3.63) is 0 Å². The minimum absolute atomic E-state index is 0.462. The molecular weight excluding hydrogens is 140 g/mol. The molecule has 11 heavy (non-hydrogen) atoms. The molecule has 0 unspecified atom stereocenters. The van der Waals surface area contributed by atoms with Gasteiger partial charge in [0.2, 0.25) is 0 Å². The van der Waals surface area contributed by atoms with Crippen molar-refractivity contribution in [2.24, 2.45) is 16.6 Å². The molecule has 66 valence electrons. The molecule has 2 N–H and O–H groups in total. The van der Waals surface area contributed by atoms with Crippen LogP contribution in [0.3, 0.4) is 0 Å². The van der Waals surface area contributed by atoms with Gasteiger partial charge in [-0.3, -0.25) is 4.99 Å². The van der Waals surface area contributed by atoms with Crippen LogP contribution < -0.4 is 5.73 Å². The van der Waals surface area contributed by atoms with E-state index in [0.717, 1.165) is 6.54 Å². The molecule has 0 fully saturated rings. The van der Waals surface area contributed by atoms with Crippen molar-refractivity contribution in [3.63, 3.8) is 0 Å². The van der Waals surface area contributed by atoms with Gasteiger partial charge in [0, 0.05) is 13.2 Å². The number of rotatable bonds is 5. The summed E-state index contributed by atoms with van der Waals surface area (Å²) in [4.78, 5) is 4.13. The minimum Gasteiger partial charge on any atom is -0.386 e. The highest BCUT2D eigenvalue weighted by Crippen LogP contribution is 1.91. The lowest BCUT2D eigenvalue weighted by Gasteiger charge is -2.02. The Bertz CT molecular complexity index is 121. The minimum atomic E-state index is 0.462. The fourth-order valence-electron chi connectivity index (χ4n) is 0.552. The second kappa shape index (κ2) is 6.16. The van der Waals surface area contributed by atoms with Crippen LogP contribution in [0.1, 0.15) is 20.8 Å². The fraction of sp³-hybridized carbons (Fsp3) is 0.875. The van der Waals surface area contributed by atoms with Gasteiger partial charge >= 0.3 is 0 Å². The predicted molar refractivity (Wildman–Crippen MR) is 47.8 cm³/mol. The van der Waals surface area contributed by atoms with E-state index in [9.17, 15) is 0 Å². The molecule has 0 spiro atoms. The maximum atomic E-state index is 5.53. The molecule has 0 aliphatic carbocycles. The third-order valence-electron chi connectivity index (χ3n) is 1.11. The van der Waals surface area contributed by atoms with Gasteiger partial charge in [-0.15, -0.1) is 0 Å².